The molecule has 0 aromatic rings. The van der Waals surface area contributed by atoms with Crippen LogP contribution in [0.3, 0.4) is 0 Å². The Balaban J connectivity index is 4.67. The predicted molar refractivity (Wildman–Crippen MR) is 72.8 cm³/mol. The van der Waals surface area contributed by atoms with Gasteiger partial charge in [-0.05, 0) is 26.2 Å². The Hall–Kier alpha value is 0.137. The fourth-order valence-corrected chi connectivity index (χ4v) is 5.94. The summed E-state index contributed by atoms with van der Waals surface area (Å²) in [4.78, 5) is 2.60. The molecule has 0 radical (unpaired) electrons. The van der Waals surface area contributed by atoms with Crippen LogP contribution in [0.5, 0.6) is 0 Å². The third-order valence-electron chi connectivity index (χ3n) is 3.96. The molecule has 1 unspecified atom stereocenters. The molecule has 0 fully saturated rings. The molecule has 1 atom stereocenters. The molecule has 3 heteroatoms. The quantitative estimate of drug-likeness (QED) is 0.621. The van der Waals surface area contributed by atoms with Crippen LogP contribution in [0.1, 0.15) is 34.6 Å². The van der Waals surface area contributed by atoms with Gasteiger partial charge in [-0.2, -0.15) is 0 Å². The number of rotatable bonds is 7. The van der Waals surface area contributed by atoms with E-state index in [-0.39, 0.29) is 0 Å². The molecule has 0 spiro atoms. The minimum Gasteiger partial charge on any atom is -0.323 e. The third kappa shape index (κ3) is 3.57. The highest BCUT2D eigenvalue weighted by atomic mass is 28.3. The Bertz CT molecular complexity index is 163. The topological polar surface area (TPSA) is 6.48 Å². The second-order valence-corrected chi connectivity index (χ2v) is 9.50. The standard InChI is InChI=1S/C12H30N2Si/c1-8-13(9-2)12(5)15(6,7)14(10-3)11-4/h12H,8-11H2,1-7H3. The van der Waals surface area contributed by atoms with Gasteiger partial charge in [0.15, 0.2) is 0 Å². The number of hydrogen-bond donors (Lipinski definition) is 0. The van der Waals surface area contributed by atoms with Gasteiger partial charge in [-0.1, -0.05) is 47.7 Å². The first-order valence-electron chi connectivity index (χ1n) is 6.44. The van der Waals surface area contributed by atoms with Gasteiger partial charge in [0.1, 0.15) is 8.24 Å². The van der Waals surface area contributed by atoms with Crippen molar-refractivity contribution in [2.45, 2.75) is 53.4 Å². The molecule has 0 rings (SSSR count). The zero-order valence-electron chi connectivity index (χ0n) is 11.8. The van der Waals surface area contributed by atoms with Crippen LogP contribution in [0.2, 0.25) is 13.1 Å². The van der Waals surface area contributed by atoms with Gasteiger partial charge in [-0.25, -0.2) is 0 Å². The summed E-state index contributed by atoms with van der Waals surface area (Å²) in [6, 6.07) is 0. The van der Waals surface area contributed by atoms with Crippen LogP contribution < -0.4 is 0 Å². The Morgan fingerprint density at radius 3 is 1.53 bits per heavy atom. The Kier molecular flexibility index (Phi) is 6.72. The lowest BCUT2D eigenvalue weighted by Crippen LogP contribution is -2.62. The van der Waals surface area contributed by atoms with Crippen LogP contribution in [0.4, 0.5) is 0 Å². The lowest BCUT2D eigenvalue weighted by Gasteiger charge is -2.44. The van der Waals surface area contributed by atoms with E-state index in [4.69, 9.17) is 0 Å². The van der Waals surface area contributed by atoms with E-state index >= 15 is 0 Å². The summed E-state index contributed by atoms with van der Waals surface area (Å²) in [5, 5.41) is 0. The normalized spacial score (nSPS) is 15.0. The van der Waals surface area contributed by atoms with Crippen LogP contribution in [0, 0.1) is 0 Å². The number of nitrogens with zero attached hydrogens (tertiary/aromatic N) is 2. The fourth-order valence-electron chi connectivity index (χ4n) is 2.52. The minimum atomic E-state index is -1.28. The number of hydrogen-bond acceptors (Lipinski definition) is 2. The van der Waals surface area contributed by atoms with E-state index in [0.717, 1.165) is 5.67 Å². The maximum absolute atomic E-state index is 2.69. The molecular formula is C12H30N2Si. The third-order valence-corrected chi connectivity index (χ3v) is 8.63. The van der Waals surface area contributed by atoms with E-state index in [1.54, 1.807) is 0 Å². The van der Waals surface area contributed by atoms with Crippen molar-refractivity contribution in [2.75, 3.05) is 26.2 Å². The second-order valence-electron chi connectivity index (χ2n) is 4.72. The molecule has 0 heterocycles. The van der Waals surface area contributed by atoms with E-state index in [2.05, 4.69) is 57.2 Å². The summed E-state index contributed by atoms with van der Waals surface area (Å²) in [5.41, 5.74) is 0.743. The predicted octanol–water partition coefficient (Wildman–Crippen LogP) is 2.80. The maximum atomic E-state index is 2.69. The Morgan fingerprint density at radius 2 is 1.27 bits per heavy atom. The molecule has 2 nitrogen and oxygen atoms in total. The van der Waals surface area contributed by atoms with Gasteiger partial charge in [0.05, 0.1) is 0 Å². The van der Waals surface area contributed by atoms with Gasteiger partial charge < -0.3 is 9.47 Å². The molecule has 0 aliphatic heterocycles. The summed E-state index contributed by atoms with van der Waals surface area (Å²) >= 11 is 0. The summed E-state index contributed by atoms with van der Waals surface area (Å²) in [6.07, 6.45) is 0. The molecule has 0 saturated carbocycles. The molecule has 0 amide bonds. The smallest absolute Gasteiger partial charge is 0.139 e. The first-order chi connectivity index (χ1) is 6.95. The van der Waals surface area contributed by atoms with Gasteiger partial charge in [-0.3, -0.25) is 0 Å². The van der Waals surface area contributed by atoms with Crippen molar-refractivity contribution in [2.24, 2.45) is 0 Å². The van der Waals surface area contributed by atoms with Crippen LogP contribution in [0.15, 0.2) is 0 Å². The van der Waals surface area contributed by atoms with Crippen molar-refractivity contribution in [1.29, 1.82) is 0 Å². The average molecular weight is 230 g/mol. The van der Waals surface area contributed by atoms with Crippen molar-refractivity contribution in [3.63, 3.8) is 0 Å². The molecule has 0 bridgehead atoms. The zero-order chi connectivity index (χ0) is 12.1. The van der Waals surface area contributed by atoms with Gasteiger partial charge >= 0.3 is 0 Å². The van der Waals surface area contributed by atoms with Crippen molar-refractivity contribution in [3.8, 4) is 0 Å². The van der Waals surface area contributed by atoms with Crippen molar-refractivity contribution in [3.05, 3.63) is 0 Å². The molecule has 0 saturated heterocycles. The molecule has 0 aromatic carbocycles. The van der Waals surface area contributed by atoms with Crippen molar-refractivity contribution in [1.82, 2.24) is 9.47 Å². The molecule has 0 aliphatic carbocycles. The molecule has 0 N–H and O–H groups in total. The van der Waals surface area contributed by atoms with E-state index in [1.807, 2.05) is 0 Å². The first kappa shape index (κ1) is 15.1. The highest BCUT2D eigenvalue weighted by molar-refractivity contribution is 6.76. The summed E-state index contributed by atoms with van der Waals surface area (Å²) in [5.74, 6) is 0. The van der Waals surface area contributed by atoms with Crippen LogP contribution in [-0.4, -0.2) is 49.5 Å². The second kappa shape index (κ2) is 6.66. The molecule has 0 aliphatic rings. The molecule has 0 aromatic heterocycles. The summed E-state index contributed by atoms with van der Waals surface area (Å²) in [7, 11) is -1.28. The highest BCUT2D eigenvalue weighted by Gasteiger charge is 2.36. The van der Waals surface area contributed by atoms with E-state index < -0.39 is 8.24 Å². The van der Waals surface area contributed by atoms with Crippen LogP contribution in [-0.2, 0) is 0 Å². The van der Waals surface area contributed by atoms with Crippen LogP contribution >= 0.6 is 0 Å². The fraction of sp³-hybridized carbons (Fsp3) is 1.00. The molecular weight excluding hydrogens is 200 g/mol. The van der Waals surface area contributed by atoms with E-state index in [0.29, 0.717) is 0 Å². The first-order valence-corrected chi connectivity index (χ1v) is 9.47. The van der Waals surface area contributed by atoms with Gasteiger partial charge in [0, 0.05) is 5.67 Å². The summed E-state index contributed by atoms with van der Waals surface area (Å²) in [6.45, 7) is 21.3. The molecule has 92 valence electrons. The zero-order valence-corrected chi connectivity index (χ0v) is 12.8. The van der Waals surface area contributed by atoms with Crippen molar-refractivity contribution < 1.29 is 0 Å². The Labute approximate surface area is 97.7 Å². The van der Waals surface area contributed by atoms with E-state index in [1.165, 1.54) is 26.2 Å². The Morgan fingerprint density at radius 1 is 0.867 bits per heavy atom. The maximum Gasteiger partial charge on any atom is 0.139 e. The SMILES string of the molecule is CCN(CC)C(C)[Si](C)(C)N(CC)CC. The largest absolute Gasteiger partial charge is 0.323 e. The van der Waals surface area contributed by atoms with E-state index in [9.17, 15) is 0 Å². The lowest BCUT2D eigenvalue weighted by atomic mass is 10.5. The average Bonchev–Trinajstić information content (AvgIpc) is 2.20. The minimum absolute atomic E-state index is 0.743. The van der Waals surface area contributed by atoms with Gasteiger partial charge in [0.2, 0.25) is 0 Å². The van der Waals surface area contributed by atoms with Gasteiger partial charge in [0.25, 0.3) is 0 Å². The van der Waals surface area contributed by atoms with Crippen molar-refractivity contribution >= 4 is 8.24 Å². The summed E-state index contributed by atoms with van der Waals surface area (Å²) < 4.78 is 2.69. The van der Waals surface area contributed by atoms with Gasteiger partial charge in [-0.15, -0.1) is 0 Å². The lowest BCUT2D eigenvalue weighted by molar-refractivity contribution is 0.266. The van der Waals surface area contributed by atoms with Crippen LogP contribution in [0.25, 0.3) is 0 Å². The monoisotopic (exact) mass is 230 g/mol. The highest BCUT2D eigenvalue weighted by Crippen LogP contribution is 2.18. The molecule has 15 heavy (non-hydrogen) atoms.